The van der Waals surface area contributed by atoms with Crippen LogP contribution in [0.5, 0.6) is 0 Å². The van der Waals surface area contributed by atoms with Crippen molar-refractivity contribution in [2.24, 2.45) is 0 Å². The van der Waals surface area contributed by atoms with E-state index in [0.29, 0.717) is 11.8 Å². The lowest BCUT2D eigenvalue weighted by Crippen LogP contribution is -2.33. The quantitative estimate of drug-likeness (QED) is 0.0446. The maximum Gasteiger partial charge on any atom is 0.479 e. The highest BCUT2D eigenvalue weighted by Gasteiger charge is 2.62. The van der Waals surface area contributed by atoms with Gasteiger partial charge in [0.15, 0.2) is 28.4 Å². The number of aliphatic hydroxyl groups excluding tert-OH is 2. The van der Waals surface area contributed by atoms with Crippen LogP contribution in [0.4, 0.5) is 19.0 Å². The molecule has 45 heavy (non-hydrogen) atoms. The first-order valence-electron chi connectivity index (χ1n) is 11.9. The topological polar surface area (TPSA) is 279 Å². The molecule has 0 amide bonds. The van der Waals surface area contributed by atoms with Crippen LogP contribution in [0.2, 0.25) is 0 Å². The summed E-state index contributed by atoms with van der Waals surface area (Å²) in [5.74, 6) is -0.223. The summed E-state index contributed by atoms with van der Waals surface area (Å²) in [5.41, 5.74) is -0.0440. The summed E-state index contributed by atoms with van der Waals surface area (Å²) in [7, 11) is -17.5. The van der Waals surface area contributed by atoms with Crippen molar-refractivity contribution in [3.05, 3.63) is 6.33 Å². The van der Waals surface area contributed by atoms with E-state index in [1.807, 2.05) is 0 Å². The summed E-state index contributed by atoms with van der Waals surface area (Å²) in [6.45, 7) is -1.00. The van der Waals surface area contributed by atoms with Gasteiger partial charge < -0.3 is 44.4 Å². The second-order valence-electron chi connectivity index (χ2n) is 9.06. The highest BCUT2D eigenvalue weighted by molar-refractivity contribution is 7.99. The SMILES string of the molecule is C[S+]([O-])CCNc1nc(SCCC(F)(F)F)nc2c1ncn2[C@@H]1OC(COP(=O)(O)OP(=O)(O)C(Cl)(Cl)P(=O)(O)O)[C@@H](O)[C@H]1O. The number of nitrogens with zero attached hydrogens (tertiary/aromatic N) is 4. The van der Waals surface area contributed by atoms with E-state index >= 15 is 0 Å². The van der Waals surface area contributed by atoms with E-state index < -0.39 is 87.5 Å². The number of phosphoric ester groups is 1. The molecule has 28 heteroatoms. The minimum atomic E-state index is -5.98. The molecule has 1 aliphatic rings. The fourth-order valence-corrected chi connectivity index (χ4v) is 8.93. The molecule has 7 atom stereocenters. The minimum Gasteiger partial charge on any atom is -0.617 e. The fraction of sp³-hybridized carbons (Fsp3) is 0.706. The van der Waals surface area contributed by atoms with E-state index in [0.717, 1.165) is 10.9 Å². The van der Waals surface area contributed by atoms with Crippen molar-refractivity contribution in [1.82, 2.24) is 19.5 Å². The number of aliphatic hydroxyl groups is 2. The number of ether oxygens (including phenoxy) is 1. The summed E-state index contributed by atoms with van der Waals surface area (Å²) < 4.78 is 96.5. The Morgan fingerprint density at radius 1 is 1.18 bits per heavy atom. The van der Waals surface area contributed by atoms with E-state index in [1.165, 1.54) is 6.26 Å². The predicted molar refractivity (Wildman–Crippen MR) is 153 cm³/mol. The molecular formula is C17H25Cl2F3N5O13P3S2. The van der Waals surface area contributed by atoms with Gasteiger partial charge in [0.25, 0.3) is 0 Å². The third kappa shape index (κ3) is 9.88. The Bertz CT molecular complexity index is 1510. The molecule has 7 N–H and O–H groups in total. The highest BCUT2D eigenvalue weighted by atomic mass is 35.5. The lowest BCUT2D eigenvalue weighted by Gasteiger charge is -2.26. The van der Waals surface area contributed by atoms with Crippen LogP contribution in [0.25, 0.3) is 11.2 Å². The molecule has 1 aliphatic heterocycles. The van der Waals surface area contributed by atoms with Gasteiger partial charge in [-0.25, -0.2) is 23.8 Å². The number of halogens is 5. The van der Waals surface area contributed by atoms with Gasteiger partial charge in [-0.3, -0.25) is 18.2 Å². The van der Waals surface area contributed by atoms with Gasteiger partial charge >= 0.3 is 33.0 Å². The Morgan fingerprint density at radius 3 is 2.40 bits per heavy atom. The number of phosphoric acid groups is 1. The van der Waals surface area contributed by atoms with Crippen LogP contribution in [-0.2, 0) is 38.4 Å². The Hall–Kier alpha value is -0.290. The van der Waals surface area contributed by atoms with Crippen LogP contribution in [-0.4, -0.2) is 113 Å². The monoisotopic (exact) mass is 791 g/mol. The number of nitrogens with one attached hydrogen (secondary N) is 1. The Kier molecular flexibility index (Phi) is 12.8. The second kappa shape index (κ2) is 14.7. The standard InChI is InChI=1S/C17H25Cl2F3N5O13P3S2/c1-45(37)5-3-23-12-9-13(26-15(25-12)44-4-2-16(20,21)22)27(7-24-9)14-11(29)10(28)8(39-14)6-38-43(35,36)40-42(33,34)17(18,19)41(30,31)32/h7-8,10-11,14,28-29H,2-6H2,1H3,(H,33,34)(H,35,36)(H,23,25,26)(H2,30,31,32)/t8?,10-,11-,14-,45?/m1/s1. The van der Waals surface area contributed by atoms with Crippen molar-refractivity contribution >= 4 is 86.1 Å². The van der Waals surface area contributed by atoms with Gasteiger partial charge in [-0.2, -0.15) is 13.2 Å². The van der Waals surface area contributed by atoms with Crippen LogP contribution in [0.1, 0.15) is 12.6 Å². The summed E-state index contributed by atoms with van der Waals surface area (Å²) in [6, 6.07) is 0. The van der Waals surface area contributed by atoms with Crippen LogP contribution in [0.3, 0.4) is 0 Å². The van der Waals surface area contributed by atoms with Gasteiger partial charge in [0.05, 0.1) is 32.2 Å². The number of aromatic nitrogens is 4. The normalized spacial score (nSPS) is 24.8. The minimum absolute atomic E-state index is 0.0448. The molecule has 0 spiro atoms. The largest absolute Gasteiger partial charge is 0.617 e. The number of thioether (sulfide) groups is 1. The van der Waals surface area contributed by atoms with Crippen molar-refractivity contribution < 1.29 is 74.8 Å². The number of alkyl halides is 5. The third-order valence-corrected chi connectivity index (χ3v) is 15.0. The fourth-order valence-electron chi connectivity index (χ4n) is 3.48. The average molecular weight is 792 g/mol. The third-order valence-electron chi connectivity index (χ3n) is 5.62. The summed E-state index contributed by atoms with van der Waals surface area (Å²) in [5, 5.41) is 23.9. The van der Waals surface area contributed by atoms with Crippen LogP contribution < -0.4 is 5.32 Å². The lowest BCUT2D eigenvalue weighted by molar-refractivity contribution is -0.129. The molecule has 18 nitrogen and oxygen atoms in total. The zero-order chi connectivity index (χ0) is 34.2. The molecule has 1 fully saturated rings. The smallest absolute Gasteiger partial charge is 0.479 e. The molecule has 1 saturated heterocycles. The van der Waals surface area contributed by atoms with Crippen molar-refractivity contribution in [2.75, 3.05) is 36.2 Å². The van der Waals surface area contributed by atoms with Gasteiger partial charge in [-0.15, -0.1) is 0 Å². The first-order chi connectivity index (χ1) is 20.5. The molecule has 2 aromatic rings. The summed E-state index contributed by atoms with van der Waals surface area (Å²) >= 11 is 9.86. The maximum absolute atomic E-state index is 12.7. The zero-order valence-corrected chi connectivity index (χ0v) is 28.1. The number of fused-ring (bicyclic) bond motifs is 1. The van der Waals surface area contributed by atoms with E-state index in [4.69, 9.17) is 37.7 Å². The molecule has 0 bridgehead atoms. The highest BCUT2D eigenvalue weighted by Crippen LogP contribution is 2.79. The predicted octanol–water partition coefficient (Wildman–Crippen LogP) is 1.87. The Balaban J connectivity index is 1.82. The maximum atomic E-state index is 12.7. The van der Waals surface area contributed by atoms with E-state index in [-0.39, 0.29) is 34.4 Å². The van der Waals surface area contributed by atoms with Crippen LogP contribution in [0, 0.1) is 0 Å². The number of anilines is 1. The van der Waals surface area contributed by atoms with Gasteiger partial charge in [-0.05, 0) is 0 Å². The van der Waals surface area contributed by atoms with Crippen molar-refractivity contribution in [1.29, 1.82) is 0 Å². The number of hydrogen-bond donors (Lipinski definition) is 7. The van der Waals surface area contributed by atoms with Gasteiger partial charge in [-0.1, -0.05) is 46.1 Å². The van der Waals surface area contributed by atoms with Gasteiger partial charge in [0, 0.05) is 5.75 Å². The number of hydrogen-bond acceptors (Lipinski definition) is 14. The van der Waals surface area contributed by atoms with Gasteiger partial charge in [0.1, 0.15) is 24.1 Å². The number of rotatable bonds is 15. The molecule has 258 valence electrons. The Morgan fingerprint density at radius 2 is 1.82 bits per heavy atom. The molecule has 3 rings (SSSR count). The van der Waals surface area contributed by atoms with E-state index in [1.54, 1.807) is 0 Å². The van der Waals surface area contributed by atoms with Crippen LogP contribution in [0.15, 0.2) is 11.5 Å². The molecule has 0 aliphatic carbocycles. The molecule has 0 radical (unpaired) electrons. The first-order valence-corrected chi connectivity index (χ1v) is 20.1. The zero-order valence-electron chi connectivity index (χ0n) is 22.3. The molecular weight excluding hydrogens is 767 g/mol. The van der Waals surface area contributed by atoms with Crippen molar-refractivity contribution in [3.8, 4) is 0 Å². The Labute approximate surface area is 268 Å². The van der Waals surface area contributed by atoms with E-state index in [2.05, 4.69) is 29.1 Å². The van der Waals surface area contributed by atoms with Crippen LogP contribution >= 0.6 is 58.0 Å². The average Bonchev–Trinajstić information content (AvgIpc) is 3.41. The van der Waals surface area contributed by atoms with Crippen molar-refractivity contribution in [2.45, 2.75) is 46.1 Å². The first kappa shape index (κ1) is 39.2. The lowest BCUT2D eigenvalue weighted by atomic mass is 10.1. The molecule has 3 heterocycles. The molecule has 0 saturated carbocycles. The number of imidazole rings is 1. The van der Waals surface area contributed by atoms with E-state index in [9.17, 15) is 51.4 Å². The molecule has 2 aromatic heterocycles. The summed E-state index contributed by atoms with van der Waals surface area (Å²) in [4.78, 5) is 50.2. The second-order valence-corrected chi connectivity index (χ2v) is 19.7. The molecule has 0 aromatic carbocycles. The molecule has 4 unspecified atom stereocenters. The van der Waals surface area contributed by atoms with Gasteiger partial charge in [0.2, 0.25) is 0 Å². The summed E-state index contributed by atoms with van der Waals surface area (Å²) in [6.07, 6.45) is -9.98. The van der Waals surface area contributed by atoms with Crippen molar-refractivity contribution in [3.63, 3.8) is 0 Å².